The Morgan fingerprint density at radius 3 is 2.90 bits per heavy atom. The first kappa shape index (κ1) is 17.4. The molecule has 0 fully saturated rings. The van der Waals surface area contributed by atoms with Crippen molar-refractivity contribution in [2.24, 2.45) is 5.10 Å². The molecule has 2 heterocycles. The molecule has 0 amide bonds. The molecule has 21 heavy (non-hydrogen) atoms. The Kier molecular flexibility index (Phi) is 7.71. The average Bonchev–Trinajstić information content (AvgIpc) is 2.46. The number of nitrogens with one attached hydrogen (secondary N) is 1. The van der Waals surface area contributed by atoms with Gasteiger partial charge in [0, 0.05) is 24.7 Å². The summed E-state index contributed by atoms with van der Waals surface area (Å²) < 4.78 is 0. The molecule has 2 aromatic rings. The minimum atomic E-state index is 0. The van der Waals surface area contributed by atoms with Gasteiger partial charge in [-0.05, 0) is 31.2 Å². The first-order valence-electron chi connectivity index (χ1n) is 6.11. The van der Waals surface area contributed by atoms with E-state index in [9.17, 15) is 0 Å². The zero-order chi connectivity index (χ0) is 14.2. The van der Waals surface area contributed by atoms with Crippen molar-refractivity contribution in [3.63, 3.8) is 0 Å². The van der Waals surface area contributed by atoms with Gasteiger partial charge in [0.15, 0.2) is 17.3 Å². The summed E-state index contributed by atoms with van der Waals surface area (Å²) in [5, 5.41) is 7.38. The molecular weight excluding hydrogens is 334 g/mol. The van der Waals surface area contributed by atoms with Crippen molar-refractivity contribution in [3.05, 3.63) is 65.1 Å². The van der Waals surface area contributed by atoms with Crippen molar-refractivity contribution >= 4 is 23.5 Å². The Morgan fingerprint density at radius 1 is 1.33 bits per heavy atom. The fourth-order valence-electron chi connectivity index (χ4n) is 1.49. The third-order valence-electron chi connectivity index (χ3n) is 2.41. The second-order valence-corrected chi connectivity index (χ2v) is 4.47. The van der Waals surface area contributed by atoms with E-state index < -0.39 is 0 Å². The van der Waals surface area contributed by atoms with Gasteiger partial charge in [0.1, 0.15) is 0 Å². The molecule has 111 valence electrons. The van der Waals surface area contributed by atoms with Gasteiger partial charge >= 0.3 is 17.1 Å². The molecule has 0 aliphatic rings. The summed E-state index contributed by atoms with van der Waals surface area (Å²) in [5.74, 6) is 0. The van der Waals surface area contributed by atoms with Gasteiger partial charge in [-0.3, -0.25) is 15.3 Å². The van der Waals surface area contributed by atoms with Gasteiger partial charge in [-0.15, -0.1) is 0 Å². The summed E-state index contributed by atoms with van der Waals surface area (Å²) in [4.78, 5) is 8.48. The summed E-state index contributed by atoms with van der Waals surface area (Å²) >= 11 is 4.20. The predicted molar refractivity (Wildman–Crippen MR) is 84.8 cm³/mol. The van der Waals surface area contributed by atoms with Crippen LogP contribution in [0.1, 0.15) is 17.1 Å². The molecule has 0 aliphatic heterocycles. The first-order valence-corrected chi connectivity index (χ1v) is 6.56. The van der Waals surface area contributed by atoms with Gasteiger partial charge in [0.2, 0.25) is 0 Å². The molecule has 0 spiro atoms. The van der Waals surface area contributed by atoms with Crippen LogP contribution in [0.4, 0.5) is 0 Å². The minimum Gasteiger partial charge on any atom is -0.515 e. The van der Waals surface area contributed by atoms with Crippen molar-refractivity contribution in [2.75, 3.05) is 0 Å². The number of hydrogen-bond donors (Lipinski definition) is 1. The van der Waals surface area contributed by atoms with Crippen LogP contribution in [0.3, 0.4) is 0 Å². The first-order chi connectivity index (χ1) is 9.74. The van der Waals surface area contributed by atoms with Crippen molar-refractivity contribution in [1.29, 1.82) is 0 Å². The predicted octanol–water partition coefficient (Wildman–Crippen LogP) is 1.65. The summed E-state index contributed by atoms with van der Waals surface area (Å²) in [6.45, 7) is 2.49. The Labute approximate surface area is 139 Å². The van der Waals surface area contributed by atoms with E-state index in [1.165, 1.54) is 0 Å². The van der Waals surface area contributed by atoms with E-state index in [0.29, 0.717) is 11.7 Å². The monoisotopic (exact) mass is 348 g/mol. The van der Waals surface area contributed by atoms with E-state index in [0.717, 1.165) is 17.1 Å². The third kappa shape index (κ3) is 6.55. The molecule has 0 atom stereocenters. The van der Waals surface area contributed by atoms with Gasteiger partial charge < -0.3 is 10.5 Å². The zero-order valence-electron chi connectivity index (χ0n) is 11.4. The quantitative estimate of drug-likeness (QED) is 0.228. The fourth-order valence-corrected chi connectivity index (χ4v) is 1.62. The number of hydrogen-bond acceptors (Lipinski definition) is 3. The average molecular weight is 349 g/mol. The molecular formula is C14H15CuN5S+2. The van der Waals surface area contributed by atoms with Gasteiger partial charge in [0.05, 0.1) is 11.4 Å². The van der Waals surface area contributed by atoms with E-state index in [1.54, 1.807) is 12.4 Å². The maximum Gasteiger partial charge on any atom is 2.00 e. The molecule has 7 heteroatoms. The van der Waals surface area contributed by atoms with Crippen LogP contribution >= 0.6 is 0 Å². The normalized spacial score (nSPS) is 10.1. The molecule has 0 saturated carbocycles. The molecule has 2 rings (SSSR count). The molecule has 0 aromatic carbocycles. The minimum absolute atomic E-state index is 0. The Hall–Kier alpha value is -1.66. The van der Waals surface area contributed by atoms with Gasteiger partial charge in [0.25, 0.3) is 0 Å². The summed E-state index contributed by atoms with van der Waals surface area (Å²) in [7, 11) is 0. The van der Waals surface area contributed by atoms with Crippen molar-refractivity contribution in [1.82, 2.24) is 15.3 Å². The van der Waals surface area contributed by atoms with E-state index >= 15 is 0 Å². The second kappa shape index (κ2) is 9.31. The summed E-state index contributed by atoms with van der Waals surface area (Å²) in [6, 6.07) is 11.5. The second-order valence-electron chi connectivity index (χ2n) is 4.05. The Morgan fingerprint density at radius 2 is 2.19 bits per heavy atom. The molecule has 0 unspecified atom stereocenters. The third-order valence-corrected chi connectivity index (χ3v) is 2.65. The van der Waals surface area contributed by atoms with Crippen LogP contribution in [0.5, 0.6) is 0 Å². The van der Waals surface area contributed by atoms with Crippen LogP contribution < -0.4 is 5.32 Å². The molecule has 1 N–H and O–H groups in total. The van der Waals surface area contributed by atoms with Gasteiger partial charge in [-0.1, -0.05) is 12.1 Å². The summed E-state index contributed by atoms with van der Waals surface area (Å²) in [6.07, 6.45) is 3.33. The molecule has 0 saturated heterocycles. The number of aromatic nitrogens is 2. The maximum atomic E-state index is 4.29. The van der Waals surface area contributed by atoms with E-state index in [2.05, 4.69) is 38.0 Å². The fraction of sp³-hybridized carbons (Fsp3) is 0.143. The van der Waals surface area contributed by atoms with E-state index in [1.807, 2.05) is 43.3 Å². The molecule has 0 bridgehead atoms. The van der Waals surface area contributed by atoms with Crippen LogP contribution in [0.25, 0.3) is 5.43 Å². The molecule has 5 nitrogen and oxygen atoms in total. The van der Waals surface area contributed by atoms with E-state index in [4.69, 9.17) is 0 Å². The smallest absolute Gasteiger partial charge is 0.515 e. The largest absolute Gasteiger partial charge is 2.00 e. The van der Waals surface area contributed by atoms with Crippen molar-refractivity contribution in [2.45, 2.75) is 13.5 Å². The number of nitrogens with zero attached hydrogens (tertiary/aromatic N) is 4. The van der Waals surface area contributed by atoms with Crippen LogP contribution in [-0.2, 0) is 35.8 Å². The zero-order valence-corrected chi connectivity index (χ0v) is 13.2. The van der Waals surface area contributed by atoms with Gasteiger partial charge in [-0.25, -0.2) is 0 Å². The number of pyridine rings is 2. The number of rotatable bonds is 4. The molecule has 1 radical (unpaired) electrons. The molecule has 2 aromatic heterocycles. The van der Waals surface area contributed by atoms with E-state index in [-0.39, 0.29) is 17.1 Å². The topological polar surface area (TPSA) is 64.3 Å². The Balaban J connectivity index is 0.00000220. The standard InChI is InChI=1S/C14H15N5S.Cu/c1-11-5-4-7-13(18-11)10-17-19-14(20)16-9-12-6-2-3-8-15-12;/h2-8,10H,9H2,1H3,(H2,16,18,19,20);/q;+2. The SMILES string of the molecule is Cc1cccc(C=N[N-]C(=[SH+])NCc2ccccn2)n1.[Cu+2]. The number of aryl methyl sites for hydroxylation is 1. The van der Waals surface area contributed by atoms with Crippen LogP contribution in [0.15, 0.2) is 47.7 Å². The van der Waals surface area contributed by atoms with Crippen LogP contribution in [0.2, 0.25) is 0 Å². The van der Waals surface area contributed by atoms with Gasteiger partial charge in [-0.2, -0.15) is 0 Å². The maximum absolute atomic E-state index is 4.29. The Bertz CT molecular complexity index is 603. The van der Waals surface area contributed by atoms with Crippen LogP contribution in [-0.4, -0.2) is 21.3 Å². The molecule has 0 aliphatic carbocycles. The summed E-state index contributed by atoms with van der Waals surface area (Å²) in [5.41, 5.74) is 6.56. The van der Waals surface area contributed by atoms with Crippen LogP contribution in [0, 0.1) is 6.92 Å². The van der Waals surface area contributed by atoms with Crippen molar-refractivity contribution in [3.8, 4) is 0 Å². The number of thiol groups is 1. The van der Waals surface area contributed by atoms with Crippen molar-refractivity contribution < 1.29 is 17.1 Å².